The van der Waals surface area contributed by atoms with Gasteiger partial charge < -0.3 is 14.6 Å². The van der Waals surface area contributed by atoms with E-state index in [2.05, 4.69) is 13.8 Å². The number of rotatable bonds is 10. The van der Waals surface area contributed by atoms with E-state index in [1.807, 2.05) is 13.0 Å². The molecule has 130 valence electrons. The number of aliphatic carboxylic acids is 1. The van der Waals surface area contributed by atoms with Gasteiger partial charge in [0, 0.05) is 0 Å². The molecular formula is C19H30O4. The van der Waals surface area contributed by atoms with Crippen LogP contribution in [-0.2, 0) is 10.2 Å². The predicted octanol–water partition coefficient (Wildman–Crippen LogP) is 4.65. The first kappa shape index (κ1) is 19.3. The zero-order valence-electron chi connectivity index (χ0n) is 15.0. The molecule has 1 aromatic rings. The highest BCUT2D eigenvalue weighted by Crippen LogP contribution is 2.41. The molecule has 0 aliphatic carbocycles. The fraction of sp³-hybridized carbons (Fsp3) is 0.632. The highest BCUT2D eigenvalue weighted by atomic mass is 16.5. The zero-order valence-corrected chi connectivity index (χ0v) is 15.0. The molecule has 23 heavy (non-hydrogen) atoms. The van der Waals surface area contributed by atoms with Crippen molar-refractivity contribution in [3.05, 3.63) is 23.8 Å². The maximum atomic E-state index is 12.1. The van der Waals surface area contributed by atoms with Crippen LogP contribution in [0.2, 0.25) is 0 Å². The molecule has 2 unspecified atom stereocenters. The van der Waals surface area contributed by atoms with Crippen molar-refractivity contribution in [2.75, 3.05) is 14.2 Å². The Morgan fingerprint density at radius 3 is 2.30 bits per heavy atom. The number of methoxy groups -OCH3 is 2. The summed E-state index contributed by atoms with van der Waals surface area (Å²) in [6, 6.07) is 5.43. The second kappa shape index (κ2) is 8.80. The Bertz CT molecular complexity index is 512. The van der Waals surface area contributed by atoms with Crippen LogP contribution in [0.1, 0.15) is 58.4 Å². The fourth-order valence-electron chi connectivity index (χ4n) is 3.23. The minimum Gasteiger partial charge on any atom is -0.493 e. The number of benzene rings is 1. The molecule has 1 aromatic carbocycles. The second-order valence-electron chi connectivity index (χ2n) is 6.18. The molecule has 4 heteroatoms. The standard InChI is InChI=1S/C19H30O4/c1-6-8-9-10-14(7-2)19(3,18(20)21)15-11-12-16(22-4)17(13-15)23-5/h11-14H,6-10H2,1-5H3,(H,20,21). The Morgan fingerprint density at radius 2 is 1.83 bits per heavy atom. The van der Waals surface area contributed by atoms with Gasteiger partial charge in [0.25, 0.3) is 0 Å². The number of carbonyl (C=O) groups is 1. The monoisotopic (exact) mass is 322 g/mol. The van der Waals surface area contributed by atoms with Crippen molar-refractivity contribution in [1.29, 1.82) is 0 Å². The van der Waals surface area contributed by atoms with Crippen molar-refractivity contribution >= 4 is 5.97 Å². The highest BCUT2D eigenvalue weighted by molar-refractivity contribution is 5.81. The smallest absolute Gasteiger partial charge is 0.314 e. The molecule has 1 rings (SSSR count). The van der Waals surface area contributed by atoms with E-state index in [4.69, 9.17) is 9.47 Å². The van der Waals surface area contributed by atoms with Gasteiger partial charge in [-0.05, 0) is 37.0 Å². The molecule has 0 aliphatic heterocycles. The average Bonchev–Trinajstić information content (AvgIpc) is 2.57. The van der Waals surface area contributed by atoms with Crippen LogP contribution < -0.4 is 9.47 Å². The molecule has 0 saturated heterocycles. The molecular weight excluding hydrogens is 292 g/mol. The van der Waals surface area contributed by atoms with Crippen LogP contribution in [0.25, 0.3) is 0 Å². The average molecular weight is 322 g/mol. The highest BCUT2D eigenvalue weighted by Gasteiger charge is 2.42. The Hall–Kier alpha value is -1.71. The summed E-state index contributed by atoms with van der Waals surface area (Å²) in [4.78, 5) is 12.1. The van der Waals surface area contributed by atoms with E-state index in [-0.39, 0.29) is 5.92 Å². The van der Waals surface area contributed by atoms with Gasteiger partial charge in [-0.15, -0.1) is 0 Å². The first-order valence-electron chi connectivity index (χ1n) is 8.41. The van der Waals surface area contributed by atoms with E-state index in [0.717, 1.165) is 37.7 Å². The second-order valence-corrected chi connectivity index (χ2v) is 6.18. The Balaban J connectivity index is 3.24. The predicted molar refractivity (Wildman–Crippen MR) is 92.5 cm³/mol. The molecule has 1 N–H and O–H groups in total. The van der Waals surface area contributed by atoms with Gasteiger partial charge in [0.05, 0.1) is 19.6 Å². The topological polar surface area (TPSA) is 55.8 Å². The van der Waals surface area contributed by atoms with E-state index in [0.29, 0.717) is 11.5 Å². The summed E-state index contributed by atoms with van der Waals surface area (Å²) in [5.74, 6) is 0.488. The largest absolute Gasteiger partial charge is 0.493 e. The fourth-order valence-corrected chi connectivity index (χ4v) is 3.23. The van der Waals surface area contributed by atoms with Crippen LogP contribution in [0.3, 0.4) is 0 Å². The molecule has 0 bridgehead atoms. The molecule has 4 nitrogen and oxygen atoms in total. The van der Waals surface area contributed by atoms with E-state index < -0.39 is 11.4 Å². The quantitative estimate of drug-likeness (QED) is 0.637. The van der Waals surface area contributed by atoms with Crippen LogP contribution in [0.4, 0.5) is 0 Å². The van der Waals surface area contributed by atoms with Gasteiger partial charge in [-0.1, -0.05) is 45.6 Å². The normalized spacial score (nSPS) is 14.8. The number of carboxylic acids is 1. The van der Waals surface area contributed by atoms with E-state index >= 15 is 0 Å². The third kappa shape index (κ3) is 4.18. The lowest BCUT2D eigenvalue weighted by atomic mass is 9.68. The maximum Gasteiger partial charge on any atom is 0.314 e. The van der Waals surface area contributed by atoms with Gasteiger partial charge >= 0.3 is 5.97 Å². The van der Waals surface area contributed by atoms with Crippen LogP contribution in [0, 0.1) is 5.92 Å². The number of ether oxygens (including phenoxy) is 2. The Labute approximate surface area is 139 Å². The first-order valence-corrected chi connectivity index (χ1v) is 8.41. The van der Waals surface area contributed by atoms with Crippen molar-refractivity contribution in [1.82, 2.24) is 0 Å². The van der Waals surface area contributed by atoms with Gasteiger partial charge in [0.1, 0.15) is 0 Å². The summed E-state index contributed by atoms with van der Waals surface area (Å²) < 4.78 is 10.6. The van der Waals surface area contributed by atoms with Crippen LogP contribution in [0.15, 0.2) is 18.2 Å². The van der Waals surface area contributed by atoms with Crippen molar-refractivity contribution in [3.8, 4) is 11.5 Å². The van der Waals surface area contributed by atoms with E-state index in [1.54, 1.807) is 26.4 Å². The van der Waals surface area contributed by atoms with Crippen molar-refractivity contribution in [3.63, 3.8) is 0 Å². The minimum atomic E-state index is -0.929. The molecule has 0 spiro atoms. The summed E-state index contributed by atoms with van der Waals surface area (Å²) in [5, 5.41) is 9.96. The van der Waals surface area contributed by atoms with Crippen molar-refractivity contribution < 1.29 is 19.4 Å². The molecule has 0 aromatic heterocycles. The summed E-state index contributed by atoms with van der Waals surface area (Å²) in [7, 11) is 3.14. The van der Waals surface area contributed by atoms with Gasteiger partial charge in [0.15, 0.2) is 11.5 Å². The molecule has 0 fully saturated rings. The van der Waals surface area contributed by atoms with Gasteiger partial charge in [-0.25, -0.2) is 0 Å². The molecule has 0 radical (unpaired) electrons. The number of carboxylic acid groups (broad SMARTS) is 1. The lowest BCUT2D eigenvalue weighted by Gasteiger charge is -2.34. The lowest BCUT2D eigenvalue weighted by Crippen LogP contribution is -2.40. The van der Waals surface area contributed by atoms with E-state index in [1.165, 1.54) is 0 Å². The SMILES string of the molecule is CCCCCC(CC)C(C)(C(=O)O)c1ccc(OC)c(OC)c1. The summed E-state index contributed by atoms with van der Waals surface area (Å²) in [6.07, 6.45) is 5.09. The Kier molecular flexibility index (Phi) is 7.40. The Morgan fingerprint density at radius 1 is 1.17 bits per heavy atom. The lowest BCUT2D eigenvalue weighted by molar-refractivity contribution is -0.145. The molecule has 2 atom stereocenters. The number of hydrogen-bond donors (Lipinski definition) is 1. The first-order chi connectivity index (χ1) is 10.9. The minimum absolute atomic E-state index is 0.0876. The third-order valence-electron chi connectivity index (χ3n) is 4.89. The molecule has 0 amide bonds. The maximum absolute atomic E-state index is 12.1. The van der Waals surface area contributed by atoms with Gasteiger partial charge in [0.2, 0.25) is 0 Å². The molecule has 0 saturated carbocycles. The summed E-state index contributed by atoms with van der Waals surface area (Å²) >= 11 is 0. The van der Waals surface area contributed by atoms with Gasteiger partial charge in [-0.3, -0.25) is 4.79 Å². The van der Waals surface area contributed by atoms with Crippen molar-refractivity contribution in [2.45, 2.75) is 58.3 Å². The van der Waals surface area contributed by atoms with Crippen LogP contribution in [-0.4, -0.2) is 25.3 Å². The molecule has 0 aliphatic rings. The van der Waals surface area contributed by atoms with Crippen LogP contribution >= 0.6 is 0 Å². The summed E-state index contributed by atoms with van der Waals surface area (Å²) in [5.41, 5.74) is -0.159. The molecule has 0 heterocycles. The van der Waals surface area contributed by atoms with E-state index in [9.17, 15) is 9.90 Å². The van der Waals surface area contributed by atoms with Gasteiger partial charge in [-0.2, -0.15) is 0 Å². The third-order valence-corrected chi connectivity index (χ3v) is 4.89. The van der Waals surface area contributed by atoms with Crippen LogP contribution in [0.5, 0.6) is 11.5 Å². The number of hydrogen-bond acceptors (Lipinski definition) is 3. The number of unbranched alkanes of at least 4 members (excludes halogenated alkanes) is 2. The summed E-state index contributed by atoms with van der Waals surface area (Å²) in [6.45, 7) is 6.06. The zero-order chi connectivity index (χ0) is 17.5. The van der Waals surface area contributed by atoms with Crippen molar-refractivity contribution in [2.24, 2.45) is 5.92 Å².